The van der Waals surface area contributed by atoms with Crippen LogP contribution in [0, 0.1) is 0 Å². The quantitative estimate of drug-likeness (QED) is 0.811. The molecule has 1 aromatic heterocycles. The molecule has 0 amide bonds. The Hall–Kier alpha value is -1.81. The second-order valence-electron chi connectivity index (χ2n) is 5.45. The van der Waals surface area contributed by atoms with Crippen LogP contribution in [0.4, 0.5) is 0 Å². The molecule has 2 aromatic rings. The molecule has 0 fully saturated rings. The minimum Gasteiger partial charge on any atom is -0.486 e. The van der Waals surface area contributed by atoms with E-state index in [0.29, 0.717) is 12.6 Å². The second kappa shape index (κ2) is 7.84. The van der Waals surface area contributed by atoms with Gasteiger partial charge in [0.1, 0.15) is 18.2 Å². The fraction of sp³-hybridized carbons (Fsp3) is 0.471. The molecular weight excluding hydrogens is 262 g/mol. The third kappa shape index (κ3) is 4.90. The van der Waals surface area contributed by atoms with Gasteiger partial charge in [0.25, 0.3) is 0 Å². The van der Waals surface area contributed by atoms with E-state index in [1.807, 2.05) is 29.9 Å². The number of hydrogen-bond acceptors (Lipinski definition) is 3. The van der Waals surface area contributed by atoms with E-state index >= 15 is 0 Å². The highest BCUT2D eigenvalue weighted by molar-refractivity contribution is 5.27. The van der Waals surface area contributed by atoms with Crippen molar-refractivity contribution in [2.24, 2.45) is 7.05 Å². The smallest absolute Gasteiger partial charge is 0.146 e. The maximum Gasteiger partial charge on any atom is 0.146 e. The molecule has 0 radical (unpaired) electrons. The van der Waals surface area contributed by atoms with Crippen molar-refractivity contribution in [1.29, 1.82) is 0 Å². The Morgan fingerprint density at radius 3 is 2.67 bits per heavy atom. The topological polar surface area (TPSA) is 39.1 Å². The average molecular weight is 287 g/mol. The van der Waals surface area contributed by atoms with Gasteiger partial charge in [-0.25, -0.2) is 4.98 Å². The molecule has 21 heavy (non-hydrogen) atoms. The molecule has 0 aliphatic heterocycles. The molecule has 0 bridgehead atoms. The van der Waals surface area contributed by atoms with Gasteiger partial charge in [0.15, 0.2) is 0 Å². The predicted octanol–water partition coefficient (Wildman–Crippen LogP) is 2.93. The van der Waals surface area contributed by atoms with Crippen LogP contribution in [-0.2, 0) is 20.1 Å². The lowest BCUT2D eigenvalue weighted by molar-refractivity contribution is 0.291. The van der Waals surface area contributed by atoms with Gasteiger partial charge in [-0.2, -0.15) is 0 Å². The summed E-state index contributed by atoms with van der Waals surface area (Å²) in [7, 11) is 1.97. The van der Waals surface area contributed by atoms with E-state index in [9.17, 15) is 0 Å². The molecule has 1 aromatic carbocycles. The zero-order chi connectivity index (χ0) is 15.1. The Kier molecular flexibility index (Phi) is 5.81. The number of imidazole rings is 1. The summed E-state index contributed by atoms with van der Waals surface area (Å²) in [6, 6.07) is 8.84. The first-order valence-corrected chi connectivity index (χ1v) is 7.60. The van der Waals surface area contributed by atoms with Crippen molar-refractivity contribution < 1.29 is 4.74 Å². The first kappa shape index (κ1) is 15.6. The lowest BCUT2D eigenvalue weighted by Crippen LogP contribution is -2.28. The largest absolute Gasteiger partial charge is 0.486 e. The molecule has 0 aliphatic rings. The summed E-state index contributed by atoms with van der Waals surface area (Å²) >= 11 is 0. The van der Waals surface area contributed by atoms with Crippen LogP contribution in [0.25, 0.3) is 0 Å². The normalized spacial score (nSPS) is 12.3. The lowest BCUT2D eigenvalue weighted by atomic mass is 10.1. The third-order valence-electron chi connectivity index (χ3n) is 3.50. The number of aryl methyl sites for hydroxylation is 1. The molecule has 0 spiro atoms. The Balaban J connectivity index is 1.83. The molecule has 4 heteroatoms. The fourth-order valence-corrected chi connectivity index (χ4v) is 2.22. The van der Waals surface area contributed by atoms with Crippen molar-refractivity contribution in [3.05, 3.63) is 48.0 Å². The van der Waals surface area contributed by atoms with Crippen LogP contribution in [-0.4, -0.2) is 22.1 Å². The van der Waals surface area contributed by atoms with Crippen molar-refractivity contribution in [3.63, 3.8) is 0 Å². The number of nitrogens with zero attached hydrogens (tertiary/aromatic N) is 2. The third-order valence-corrected chi connectivity index (χ3v) is 3.50. The van der Waals surface area contributed by atoms with E-state index < -0.39 is 0 Å². The Labute approximate surface area is 127 Å². The van der Waals surface area contributed by atoms with Gasteiger partial charge in [-0.15, -0.1) is 0 Å². The van der Waals surface area contributed by atoms with Gasteiger partial charge in [0.2, 0.25) is 0 Å². The van der Waals surface area contributed by atoms with Crippen LogP contribution in [0.15, 0.2) is 36.7 Å². The number of aromatic nitrogens is 2. The highest BCUT2D eigenvalue weighted by Crippen LogP contribution is 2.14. The van der Waals surface area contributed by atoms with Crippen LogP contribution >= 0.6 is 0 Å². The summed E-state index contributed by atoms with van der Waals surface area (Å²) in [5.74, 6) is 1.81. The first-order valence-electron chi connectivity index (χ1n) is 7.60. The van der Waals surface area contributed by atoms with Crippen LogP contribution in [0.1, 0.15) is 31.7 Å². The van der Waals surface area contributed by atoms with Crippen molar-refractivity contribution in [2.45, 2.75) is 39.3 Å². The molecule has 0 saturated heterocycles. The minimum absolute atomic E-state index is 0.497. The van der Waals surface area contributed by atoms with Crippen molar-refractivity contribution in [2.75, 3.05) is 6.54 Å². The molecule has 4 nitrogen and oxygen atoms in total. The summed E-state index contributed by atoms with van der Waals surface area (Å²) in [5.41, 5.74) is 1.33. The van der Waals surface area contributed by atoms with E-state index in [-0.39, 0.29) is 0 Å². The fourth-order valence-electron chi connectivity index (χ4n) is 2.22. The van der Waals surface area contributed by atoms with Crippen molar-refractivity contribution >= 4 is 0 Å². The Morgan fingerprint density at radius 2 is 2.05 bits per heavy atom. The number of ether oxygens (including phenoxy) is 1. The summed E-state index contributed by atoms with van der Waals surface area (Å²) in [5, 5.41) is 3.50. The molecule has 2 rings (SSSR count). The van der Waals surface area contributed by atoms with Gasteiger partial charge >= 0.3 is 0 Å². The van der Waals surface area contributed by atoms with E-state index in [2.05, 4.69) is 36.3 Å². The molecule has 114 valence electrons. The number of hydrogen-bond donors (Lipinski definition) is 1. The van der Waals surface area contributed by atoms with Gasteiger partial charge in [0, 0.05) is 25.5 Å². The van der Waals surface area contributed by atoms with E-state index in [1.54, 1.807) is 6.20 Å². The highest BCUT2D eigenvalue weighted by atomic mass is 16.5. The Morgan fingerprint density at radius 1 is 1.29 bits per heavy atom. The number of rotatable bonds is 8. The van der Waals surface area contributed by atoms with Gasteiger partial charge < -0.3 is 14.6 Å². The van der Waals surface area contributed by atoms with Crippen LogP contribution < -0.4 is 10.1 Å². The Bertz CT molecular complexity index is 533. The van der Waals surface area contributed by atoms with Gasteiger partial charge in [-0.3, -0.25) is 0 Å². The molecule has 0 aliphatic carbocycles. The standard InChI is InChI=1S/C17H25N3O/c1-4-9-18-14(2)12-15-5-7-16(8-6-15)21-13-17-19-10-11-20(17)3/h5-8,10-11,14,18H,4,9,12-13H2,1-3H3. The molecular formula is C17H25N3O. The zero-order valence-electron chi connectivity index (χ0n) is 13.2. The molecule has 1 atom stereocenters. The lowest BCUT2D eigenvalue weighted by Gasteiger charge is -2.13. The summed E-state index contributed by atoms with van der Waals surface area (Å²) in [4.78, 5) is 4.25. The van der Waals surface area contributed by atoms with Crippen molar-refractivity contribution in [3.8, 4) is 5.75 Å². The number of benzene rings is 1. The molecule has 1 heterocycles. The van der Waals surface area contributed by atoms with E-state index in [0.717, 1.165) is 24.5 Å². The van der Waals surface area contributed by atoms with Gasteiger partial charge in [-0.1, -0.05) is 19.1 Å². The second-order valence-corrected chi connectivity index (χ2v) is 5.45. The van der Waals surface area contributed by atoms with Crippen LogP contribution in [0.5, 0.6) is 5.75 Å². The molecule has 0 saturated carbocycles. The molecule has 1 unspecified atom stereocenters. The first-order chi connectivity index (χ1) is 10.2. The SMILES string of the molecule is CCCNC(C)Cc1ccc(OCc2nccn2C)cc1. The van der Waals surface area contributed by atoms with Crippen LogP contribution in [0.2, 0.25) is 0 Å². The van der Waals surface area contributed by atoms with E-state index in [4.69, 9.17) is 4.74 Å². The predicted molar refractivity (Wildman–Crippen MR) is 85.4 cm³/mol. The van der Waals surface area contributed by atoms with E-state index in [1.165, 1.54) is 12.0 Å². The summed E-state index contributed by atoms with van der Waals surface area (Å²) in [6.45, 7) is 5.98. The van der Waals surface area contributed by atoms with Crippen LogP contribution in [0.3, 0.4) is 0 Å². The zero-order valence-corrected chi connectivity index (χ0v) is 13.2. The maximum atomic E-state index is 5.76. The van der Waals surface area contributed by atoms with Crippen molar-refractivity contribution in [1.82, 2.24) is 14.9 Å². The molecule has 1 N–H and O–H groups in total. The summed E-state index contributed by atoms with van der Waals surface area (Å²) in [6.07, 6.45) is 5.92. The van der Waals surface area contributed by atoms with Gasteiger partial charge in [0.05, 0.1) is 0 Å². The summed E-state index contributed by atoms with van der Waals surface area (Å²) < 4.78 is 7.72. The minimum atomic E-state index is 0.497. The monoisotopic (exact) mass is 287 g/mol. The van der Waals surface area contributed by atoms with Gasteiger partial charge in [-0.05, 0) is 44.0 Å². The highest BCUT2D eigenvalue weighted by Gasteiger charge is 2.04. The maximum absolute atomic E-state index is 5.76. The average Bonchev–Trinajstić information content (AvgIpc) is 2.90. The number of nitrogens with one attached hydrogen (secondary N) is 1.